The van der Waals surface area contributed by atoms with E-state index >= 15 is 0 Å². The van der Waals surface area contributed by atoms with Crippen molar-refractivity contribution in [3.63, 3.8) is 0 Å². The summed E-state index contributed by atoms with van der Waals surface area (Å²) in [5.41, 5.74) is -5.45. The molecule has 1 rings (SSSR count). The highest BCUT2D eigenvalue weighted by molar-refractivity contribution is 7.87. The first kappa shape index (κ1) is 19.3. The van der Waals surface area contributed by atoms with Gasteiger partial charge in [-0.1, -0.05) is 12.1 Å². The fourth-order valence-electron chi connectivity index (χ4n) is 1.52. The van der Waals surface area contributed by atoms with Crippen LogP contribution in [0.1, 0.15) is 32.8 Å². The molecule has 130 valence electrons. The van der Waals surface area contributed by atoms with E-state index in [4.69, 9.17) is 4.74 Å². The first-order valence-electron chi connectivity index (χ1n) is 6.62. The van der Waals surface area contributed by atoms with Crippen LogP contribution in [0.15, 0.2) is 24.3 Å². The second kappa shape index (κ2) is 6.77. The zero-order valence-corrected chi connectivity index (χ0v) is 13.6. The first-order chi connectivity index (χ1) is 10.3. The summed E-state index contributed by atoms with van der Waals surface area (Å²) in [6.07, 6.45) is 0.402. The standard InChI is InChI=1S/C14H17F3O5S/c1-13(2,3)21-12(18)9-6-10-4-7-11(8-5-10)22-23(19,20)14(15,16)17/h4-5,7-8H,6,9H2,1-3H3. The fraction of sp³-hybridized carbons (Fsp3) is 0.500. The number of benzene rings is 1. The van der Waals surface area contributed by atoms with Crippen molar-refractivity contribution in [2.24, 2.45) is 0 Å². The van der Waals surface area contributed by atoms with Crippen LogP contribution in [0.5, 0.6) is 5.75 Å². The maximum absolute atomic E-state index is 12.2. The molecule has 0 bridgehead atoms. The summed E-state index contributed by atoms with van der Waals surface area (Å²) in [5, 5.41) is 0. The molecule has 0 atom stereocenters. The van der Waals surface area contributed by atoms with Gasteiger partial charge in [0.15, 0.2) is 0 Å². The lowest BCUT2D eigenvalue weighted by Crippen LogP contribution is -2.28. The molecule has 0 saturated carbocycles. The van der Waals surface area contributed by atoms with Gasteiger partial charge in [0.1, 0.15) is 11.4 Å². The van der Waals surface area contributed by atoms with E-state index in [9.17, 15) is 26.4 Å². The first-order valence-corrected chi connectivity index (χ1v) is 8.02. The molecule has 0 aliphatic rings. The summed E-state index contributed by atoms with van der Waals surface area (Å²) in [4.78, 5) is 11.5. The second-order valence-electron chi connectivity index (χ2n) is 5.71. The minimum atomic E-state index is -5.68. The Bertz CT molecular complexity index is 642. The molecule has 0 aliphatic carbocycles. The molecule has 0 aliphatic heterocycles. The topological polar surface area (TPSA) is 69.7 Å². The van der Waals surface area contributed by atoms with Crippen LogP contribution in [0.25, 0.3) is 0 Å². The minimum Gasteiger partial charge on any atom is -0.460 e. The number of halogens is 3. The molecule has 5 nitrogen and oxygen atoms in total. The summed E-state index contributed by atoms with van der Waals surface area (Å²) in [6.45, 7) is 5.20. The van der Waals surface area contributed by atoms with Gasteiger partial charge in [0.05, 0.1) is 0 Å². The highest BCUT2D eigenvalue weighted by Gasteiger charge is 2.48. The van der Waals surface area contributed by atoms with Crippen LogP contribution in [-0.2, 0) is 26.1 Å². The predicted molar refractivity (Wildman–Crippen MR) is 76.2 cm³/mol. The summed E-state index contributed by atoms with van der Waals surface area (Å²) < 4.78 is 67.3. The van der Waals surface area contributed by atoms with Crippen LogP contribution in [-0.4, -0.2) is 25.5 Å². The van der Waals surface area contributed by atoms with E-state index in [1.54, 1.807) is 20.8 Å². The SMILES string of the molecule is CC(C)(C)OC(=O)CCc1ccc(OS(=O)(=O)C(F)(F)F)cc1. The molecule has 1 aromatic rings. The largest absolute Gasteiger partial charge is 0.534 e. The highest BCUT2D eigenvalue weighted by Crippen LogP contribution is 2.27. The number of carbonyl (C=O) groups is 1. The Morgan fingerprint density at radius 1 is 1.09 bits per heavy atom. The van der Waals surface area contributed by atoms with Crippen molar-refractivity contribution in [2.45, 2.75) is 44.7 Å². The molecular weight excluding hydrogens is 337 g/mol. The van der Waals surface area contributed by atoms with E-state index in [2.05, 4.69) is 4.18 Å². The van der Waals surface area contributed by atoms with E-state index in [1.165, 1.54) is 12.1 Å². The molecule has 0 heterocycles. The zero-order valence-electron chi connectivity index (χ0n) is 12.8. The molecule has 0 saturated heterocycles. The Hall–Kier alpha value is -1.77. The van der Waals surface area contributed by atoms with Gasteiger partial charge in [0, 0.05) is 6.42 Å². The van der Waals surface area contributed by atoms with Crippen LogP contribution < -0.4 is 4.18 Å². The van der Waals surface area contributed by atoms with E-state index in [-0.39, 0.29) is 6.42 Å². The Morgan fingerprint density at radius 3 is 2.04 bits per heavy atom. The average Bonchev–Trinajstić information content (AvgIpc) is 2.34. The lowest BCUT2D eigenvalue weighted by atomic mass is 10.1. The van der Waals surface area contributed by atoms with Crippen LogP contribution in [0.2, 0.25) is 0 Å². The van der Waals surface area contributed by atoms with Gasteiger partial charge < -0.3 is 8.92 Å². The molecule has 0 radical (unpaired) electrons. The number of carbonyl (C=O) groups excluding carboxylic acids is 1. The molecule has 0 unspecified atom stereocenters. The van der Waals surface area contributed by atoms with Gasteiger partial charge in [0.2, 0.25) is 0 Å². The summed E-state index contributed by atoms with van der Waals surface area (Å²) >= 11 is 0. The van der Waals surface area contributed by atoms with Gasteiger partial charge in [-0.15, -0.1) is 0 Å². The molecule has 0 amide bonds. The number of rotatable bonds is 5. The quantitative estimate of drug-likeness (QED) is 0.461. The van der Waals surface area contributed by atoms with Crippen molar-refractivity contribution in [1.82, 2.24) is 0 Å². The van der Waals surface area contributed by atoms with Gasteiger partial charge in [-0.05, 0) is 44.9 Å². The molecule has 23 heavy (non-hydrogen) atoms. The van der Waals surface area contributed by atoms with E-state index in [0.29, 0.717) is 12.0 Å². The number of aryl methyl sites for hydroxylation is 1. The van der Waals surface area contributed by atoms with Crippen molar-refractivity contribution in [2.75, 3.05) is 0 Å². The fourth-order valence-corrected chi connectivity index (χ4v) is 1.98. The molecule has 9 heteroatoms. The molecule has 0 N–H and O–H groups in total. The van der Waals surface area contributed by atoms with Gasteiger partial charge in [-0.25, -0.2) is 0 Å². The average molecular weight is 354 g/mol. The Morgan fingerprint density at radius 2 is 1.61 bits per heavy atom. The van der Waals surface area contributed by atoms with Crippen molar-refractivity contribution < 1.29 is 35.3 Å². The van der Waals surface area contributed by atoms with Crippen molar-refractivity contribution >= 4 is 16.1 Å². The summed E-state index contributed by atoms with van der Waals surface area (Å²) in [5.74, 6) is -0.860. The van der Waals surface area contributed by atoms with Crippen LogP contribution in [0.3, 0.4) is 0 Å². The molecule has 1 aromatic carbocycles. The summed E-state index contributed by atoms with van der Waals surface area (Å²) in [7, 11) is -5.68. The maximum Gasteiger partial charge on any atom is 0.534 e. The van der Waals surface area contributed by atoms with Gasteiger partial charge in [0.25, 0.3) is 0 Å². The molecular formula is C14H17F3O5S. The van der Waals surface area contributed by atoms with E-state index in [0.717, 1.165) is 12.1 Å². The lowest BCUT2D eigenvalue weighted by molar-refractivity contribution is -0.154. The smallest absolute Gasteiger partial charge is 0.460 e. The Labute approximate surface area is 132 Å². The highest BCUT2D eigenvalue weighted by atomic mass is 32.2. The molecule has 0 spiro atoms. The number of alkyl halides is 3. The van der Waals surface area contributed by atoms with Crippen molar-refractivity contribution in [3.05, 3.63) is 29.8 Å². The van der Waals surface area contributed by atoms with E-state index in [1.807, 2.05) is 0 Å². The molecule has 0 fully saturated rings. The van der Waals surface area contributed by atoms with Crippen LogP contribution >= 0.6 is 0 Å². The number of hydrogen-bond donors (Lipinski definition) is 0. The normalized spacial score (nSPS) is 12.8. The number of hydrogen-bond acceptors (Lipinski definition) is 5. The number of ether oxygens (including phenoxy) is 1. The van der Waals surface area contributed by atoms with E-state index < -0.39 is 32.9 Å². The monoisotopic (exact) mass is 354 g/mol. The van der Waals surface area contributed by atoms with Gasteiger partial charge in [-0.3, -0.25) is 4.79 Å². The third kappa shape index (κ3) is 6.47. The van der Waals surface area contributed by atoms with Gasteiger partial charge >= 0.3 is 21.6 Å². The zero-order chi connectivity index (χ0) is 17.9. The maximum atomic E-state index is 12.2. The summed E-state index contributed by atoms with van der Waals surface area (Å²) in [6, 6.07) is 4.94. The van der Waals surface area contributed by atoms with Crippen molar-refractivity contribution in [1.29, 1.82) is 0 Å². The Balaban J connectivity index is 2.63. The third-order valence-corrected chi connectivity index (χ3v) is 3.43. The Kier molecular flexibility index (Phi) is 5.68. The lowest BCUT2D eigenvalue weighted by Gasteiger charge is -2.19. The van der Waals surface area contributed by atoms with Crippen LogP contribution in [0, 0.1) is 0 Å². The number of esters is 1. The van der Waals surface area contributed by atoms with Crippen LogP contribution in [0.4, 0.5) is 13.2 Å². The van der Waals surface area contributed by atoms with Crippen molar-refractivity contribution in [3.8, 4) is 5.75 Å². The van der Waals surface area contributed by atoms with Gasteiger partial charge in [-0.2, -0.15) is 21.6 Å². The third-order valence-electron chi connectivity index (χ3n) is 2.45. The second-order valence-corrected chi connectivity index (χ2v) is 7.25. The molecule has 0 aromatic heterocycles. The predicted octanol–water partition coefficient (Wildman–Crippen LogP) is 3.19. The minimum absolute atomic E-state index is 0.0956.